The van der Waals surface area contributed by atoms with Crippen molar-refractivity contribution in [1.29, 1.82) is 0 Å². The van der Waals surface area contributed by atoms with Crippen LogP contribution in [0.5, 0.6) is 0 Å². The zero-order chi connectivity index (χ0) is 21.1. The molecule has 0 atom stereocenters. The Morgan fingerprint density at radius 2 is 2.00 bits per heavy atom. The van der Waals surface area contributed by atoms with E-state index < -0.39 is 0 Å². The van der Waals surface area contributed by atoms with Gasteiger partial charge < -0.3 is 4.52 Å². The van der Waals surface area contributed by atoms with E-state index in [9.17, 15) is 9.18 Å². The van der Waals surface area contributed by atoms with Crippen LogP contribution in [-0.2, 0) is 13.0 Å². The van der Waals surface area contributed by atoms with Gasteiger partial charge in [0.25, 0.3) is 5.56 Å². The van der Waals surface area contributed by atoms with E-state index in [0.29, 0.717) is 51.9 Å². The number of thioether (sulfide) groups is 1. The zero-order valence-corrected chi connectivity index (χ0v) is 17.6. The lowest BCUT2D eigenvalue weighted by Gasteiger charge is -2.10. The molecule has 0 aliphatic rings. The highest BCUT2D eigenvalue weighted by Gasteiger charge is 2.12. The van der Waals surface area contributed by atoms with E-state index in [2.05, 4.69) is 15.1 Å². The minimum atomic E-state index is -0.292. The number of para-hydroxylation sites is 1. The summed E-state index contributed by atoms with van der Waals surface area (Å²) in [5.74, 6) is 1.35. The summed E-state index contributed by atoms with van der Waals surface area (Å²) >= 11 is 1.54. The summed E-state index contributed by atoms with van der Waals surface area (Å²) < 4.78 is 20.7. The third-order valence-electron chi connectivity index (χ3n) is 4.81. The molecule has 4 aromatic rings. The Labute approximate surface area is 177 Å². The fourth-order valence-corrected chi connectivity index (χ4v) is 4.13. The van der Waals surface area contributed by atoms with Crippen molar-refractivity contribution in [3.63, 3.8) is 0 Å². The minimum absolute atomic E-state index is 0.0162. The summed E-state index contributed by atoms with van der Waals surface area (Å²) in [5.41, 5.74) is 1.86. The first-order valence-corrected chi connectivity index (χ1v) is 10.8. The lowest BCUT2D eigenvalue weighted by atomic mass is 10.1. The smallest absolute Gasteiger partial charge is 0.262 e. The van der Waals surface area contributed by atoms with Crippen molar-refractivity contribution in [3.8, 4) is 11.4 Å². The lowest BCUT2D eigenvalue weighted by Crippen LogP contribution is -2.22. The van der Waals surface area contributed by atoms with Crippen LogP contribution in [0.25, 0.3) is 22.3 Å². The summed E-state index contributed by atoms with van der Waals surface area (Å²) in [7, 11) is 0. The van der Waals surface area contributed by atoms with Crippen LogP contribution < -0.4 is 5.56 Å². The van der Waals surface area contributed by atoms with Crippen molar-refractivity contribution < 1.29 is 8.91 Å². The molecule has 0 saturated heterocycles. The van der Waals surface area contributed by atoms with Crippen molar-refractivity contribution in [3.05, 3.63) is 70.1 Å². The number of halogens is 1. The van der Waals surface area contributed by atoms with Gasteiger partial charge in [0.2, 0.25) is 11.7 Å². The fraction of sp³-hybridized carbons (Fsp3) is 0.273. The molecule has 2 aromatic carbocycles. The average molecular weight is 425 g/mol. The first-order valence-electron chi connectivity index (χ1n) is 9.78. The molecule has 0 spiro atoms. The molecule has 8 heteroatoms. The van der Waals surface area contributed by atoms with Crippen molar-refractivity contribution in [2.24, 2.45) is 0 Å². The van der Waals surface area contributed by atoms with E-state index in [0.717, 1.165) is 12.2 Å². The number of nitrogens with zero attached hydrogens (tertiary/aromatic N) is 4. The Bertz CT molecular complexity index is 1250. The second-order valence-corrected chi connectivity index (χ2v) is 7.95. The van der Waals surface area contributed by atoms with Gasteiger partial charge in [-0.1, -0.05) is 41.2 Å². The Morgan fingerprint density at radius 3 is 2.80 bits per heavy atom. The van der Waals surface area contributed by atoms with Gasteiger partial charge >= 0.3 is 0 Å². The van der Waals surface area contributed by atoms with Crippen LogP contribution in [0.3, 0.4) is 0 Å². The van der Waals surface area contributed by atoms with Crippen molar-refractivity contribution in [1.82, 2.24) is 19.7 Å². The van der Waals surface area contributed by atoms with Gasteiger partial charge in [0, 0.05) is 24.3 Å². The van der Waals surface area contributed by atoms with E-state index in [1.54, 1.807) is 29.7 Å². The second-order valence-electron chi connectivity index (χ2n) is 6.89. The Morgan fingerprint density at radius 1 is 1.17 bits per heavy atom. The maximum absolute atomic E-state index is 13.7. The fourth-order valence-electron chi connectivity index (χ4n) is 3.13. The number of hydrogen-bond donors (Lipinski definition) is 0. The second kappa shape index (κ2) is 8.79. The van der Waals surface area contributed by atoms with Gasteiger partial charge in [0.1, 0.15) is 5.82 Å². The SMILES string of the molecule is CCn1c(SCCCc2nc(-c3ccc(C)c(F)c3)no2)nc2ccccc2c1=O. The quantitative estimate of drug-likeness (QED) is 0.244. The number of benzene rings is 2. The molecule has 0 aliphatic carbocycles. The molecule has 0 amide bonds. The molecule has 0 saturated carbocycles. The summed E-state index contributed by atoms with van der Waals surface area (Å²) in [4.78, 5) is 21.7. The predicted octanol–water partition coefficient (Wildman–Crippen LogP) is 4.64. The molecular weight excluding hydrogens is 403 g/mol. The van der Waals surface area contributed by atoms with Crippen LogP contribution in [0.15, 0.2) is 56.9 Å². The normalized spacial score (nSPS) is 11.3. The molecule has 0 aliphatic heterocycles. The number of hydrogen-bond acceptors (Lipinski definition) is 6. The van der Waals surface area contributed by atoms with Crippen LogP contribution >= 0.6 is 11.8 Å². The van der Waals surface area contributed by atoms with Crippen LogP contribution in [0.2, 0.25) is 0 Å². The van der Waals surface area contributed by atoms with E-state index in [1.165, 1.54) is 17.8 Å². The van der Waals surface area contributed by atoms with Crippen LogP contribution in [0.4, 0.5) is 4.39 Å². The standard InChI is InChI=1S/C22H21FN4O2S/c1-3-27-21(28)16-7-4-5-8-18(16)24-22(27)30-12-6-9-19-25-20(26-29-19)15-11-10-14(2)17(23)13-15/h4-5,7-8,10-11,13H,3,6,9,12H2,1-2H3. The van der Waals surface area contributed by atoms with Crippen molar-refractivity contribution in [2.75, 3.05) is 5.75 Å². The number of aryl methyl sites for hydroxylation is 2. The van der Waals surface area contributed by atoms with Gasteiger partial charge in [-0.05, 0) is 44.0 Å². The van der Waals surface area contributed by atoms with E-state index in [1.807, 2.05) is 25.1 Å². The molecule has 4 rings (SSSR count). The highest BCUT2D eigenvalue weighted by Crippen LogP contribution is 2.21. The number of aromatic nitrogens is 4. The summed E-state index contributed by atoms with van der Waals surface area (Å²) in [6.07, 6.45) is 1.37. The van der Waals surface area contributed by atoms with Crippen LogP contribution in [0.1, 0.15) is 24.8 Å². The molecule has 0 unspecified atom stereocenters. The van der Waals surface area contributed by atoms with Gasteiger partial charge in [-0.3, -0.25) is 9.36 Å². The summed E-state index contributed by atoms with van der Waals surface area (Å²) in [6, 6.07) is 12.3. The predicted molar refractivity (Wildman–Crippen MR) is 115 cm³/mol. The summed E-state index contributed by atoms with van der Waals surface area (Å²) in [6.45, 7) is 4.22. The molecule has 30 heavy (non-hydrogen) atoms. The van der Waals surface area contributed by atoms with Crippen LogP contribution in [0, 0.1) is 12.7 Å². The molecule has 6 nitrogen and oxygen atoms in total. The van der Waals surface area contributed by atoms with Crippen molar-refractivity contribution in [2.45, 2.75) is 38.4 Å². The Balaban J connectivity index is 1.40. The topological polar surface area (TPSA) is 73.8 Å². The van der Waals surface area contributed by atoms with Gasteiger partial charge in [-0.15, -0.1) is 0 Å². The van der Waals surface area contributed by atoms with Crippen molar-refractivity contribution >= 4 is 22.7 Å². The maximum atomic E-state index is 13.7. The average Bonchev–Trinajstić information content (AvgIpc) is 3.22. The molecule has 2 heterocycles. The van der Waals surface area contributed by atoms with E-state index in [4.69, 9.17) is 4.52 Å². The molecule has 2 aromatic heterocycles. The van der Waals surface area contributed by atoms with Crippen LogP contribution in [-0.4, -0.2) is 25.4 Å². The number of rotatable bonds is 7. The minimum Gasteiger partial charge on any atom is -0.339 e. The Kier molecular flexibility index (Phi) is 5.94. The molecule has 0 N–H and O–H groups in total. The number of fused-ring (bicyclic) bond motifs is 1. The lowest BCUT2D eigenvalue weighted by molar-refractivity contribution is 0.378. The van der Waals surface area contributed by atoms with E-state index in [-0.39, 0.29) is 11.4 Å². The first kappa shape index (κ1) is 20.3. The van der Waals surface area contributed by atoms with Gasteiger partial charge in [0.15, 0.2) is 5.16 Å². The van der Waals surface area contributed by atoms with E-state index >= 15 is 0 Å². The first-order chi connectivity index (χ1) is 14.6. The highest BCUT2D eigenvalue weighted by atomic mass is 32.2. The molecule has 0 radical (unpaired) electrons. The maximum Gasteiger partial charge on any atom is 0.262 e. The molecule has 0 bridgehead atoms. The third-order valence-corrected chi connectivity index (χ3v) is 5.87. The van der Waals surface area contributed by atoms with Gasteiger partial charge in [0.05, 0.1) is 10.9 Å². The largest absolute Gasteiger partial charge is 0.339 e. The van der Waals surface area contributed by atoms with Gasteiger partial charge in [-0.25, -0.2) is 9.37 Å². The summed E-state index contributed by atoms with van der Waals surface area (Å²) in [5, 5.41) is 5.29. The third kappa shape index (κ3) is 4.14. The molecular formula is C22H21FN4O2S. The Hall–Kier alpha value is -3.00. The van der Waals surface area contributed by atoms with Gasteiger partial charge in [-0.2, -0.15) is 4.98 Å². The molecule has 154 valence electrons. The monoisotopic (exact) mass is 424 g/mol. The highest BCUT2D eigenvalue weighted by molar-refractivity contribution is 7.99. The zero-order valence-electron chi connectivity index (χ0n) is 16.8. The molecule has 0 fully saturated rings.